The molecule has 2 fully saturated rings. The van der Waals surface area contributed by atoms with Crippen LogP contribution >= 0.6 is 0 Å². The SMILES string of the molecule is C=Cc1ccc(S(=O)(=O)NC2CCN(S(=O)(=O)C3CC3)CC2)cc1. The van der Waals surface area contributed by atoms with Gasteiger partial charge in [0.15, 0.2) is 0 Å². The quantitative estimate of drug-likeness (QED) is 0.824. The van der Waals surface area contributed by atoms with Gasteiger partial charge in [-0.1, -0.05) is 24.8 Å². The van der Waals surface area contributed by atoms with Gasteiger partial charge in [0.1, 0.15) is 0 Å². The van der Waals surface area contributed by atoms with Crippen molar-refractivity contribution >= 4 is 26.1 Å². The molecule has 3 rings (SSSR count). The van der Waals surface area contributed by atoms with Crippen molar-refractivity contribution in [2.24, 2.45) is 0 Å². The second kappa shape index (κ2) is 6.59. The molecule has 1 aliphatic heterocycles. The van der Waals surface area contributed by atoms with E-state index in [2.05, 4.69) is 11.3 Å². The van der Waals surface area contributed by atoms with Crippen molar-refractivity contribution in [3.05, 3.63) is 36.4 Å². The van der Waals surface area contributed by atoms with Crippen molar-refractivity contribution in [1.29, 1.82) is 0 Å². The van der Waals surface area contributed by atoms with Crippen molar-refractivity contribution in [2.75, 3.05) is 13.1 Å². The zero-order chi connectivity index (χ0) is 17.4. The number of hydrogen-bond acceptors (Lipinski definition) is 4. The van der Waals surface area contributed by atoms with E-state index in [1.807, 2.05) is 0 Å². The largest absolute Gasteiger partial charge is 0.240 e. The van der Waals surface area contributed by atoms with Crippen molar-refractivity contribution in [2.45, 2.75) is 41.9 Å². The molecule has 1 aromatic carbocycles. The third kappa shape index (κ3) is 3.72. The third-order valence-electron chi connectivity index (χ3n) is 4.51. The fourth-order valence-electron chi connectivity index (χ4n) is 2.88. The summed E-state index contributed by atoms with van der Waals surface area (Å²) in [5, 5.41) is -0.214. The monoisotopic (exact) mass is 370 g/mol. The fourth-order valence-corrected chi connectivity index (χ4v) is 6.05. The molecule has 1 aromatic rings. The molecule has 1 saturated heterocycles. The molecule has 0 aromatic heterocycles. The van der Waals surface area contributed by atoms with Crippen LogP contribution in [0.25, 0.3) is 6.08 Å². The Bertz CT molecular complexity index is 804. The van der Waals surface area contributed by atoms with Crippen LogP contribution in [0.15, 0.2) is 35.7 Å². The number of nitrogens with zero attached hydrogens (tertiary/aromatic N) is 1. The molecule has 0 bridgehead atoms. The Morgan fingerprint density at radius 3 is 2.08 bits per heavy atom. The normalized spacial score (nSPS) is 20.8. The first-order valence-electron chi connectivity index (χ1n) is 8.07. The highest BCUT2D eigenvalue weighted by Crippen LogP contribution is 2.32. The molecule has 132 valence electrons. The van der Waals surface area contributed by atoms with E-state index >= 15 is 0 Å². The summed E-state index contributed by atoms with van der Waals surface area (Å²) < 4.78 is 53.5. The second-order valence-electron chi connectivity index (χ2n) is 6.31. The van der Waals surface area contributed by atoms with E-state index in [4.69, 9.17) is 0 Å². The smallest absolute Gasteiger partial charge is 0.212 e. The van der Waals surface area contributed by atoms with Gasteiger partial charge >= 0.3 is 0 Å². The van der Waals surface area contributed by atoms with E-state index in [0.29, 0.717) is 25.9 Å². The molecule has 2 aliphatic rings. The average molecular weight is 370 g/mol. The van der Waals surface area contributed by atoms with E-state index in [1.54, 1.807) is 30.3 Å². The predicted molar refractivity (Wildman–Crippen MR) is 93.4 cm³/mol. The molecule has 0 atom stereocenters. The number of nitrogens with one attached hydrogen (secondary N) is 1. The lowest BCUT2D eigenvalue weighted by atomic mass is 10.1. The minimum atomic E-state index is -3.59. The van der Waals surface area contributed by atoms with Gasteiger partial charge in [-0.25, -0.2) is 25.9 Å². The van der Waals surface area contributed by atoms with E-state index in [0.717, 1.165) is 18.4 Å². The van der Waals surface area contributed by atoms with Crippen LogP contribution in [0.2, 0.25) is 0 Å². The first-order valence-corrected chi connectivity index (χ1v) is 11.1. The van der Waals surface area contributed by atoms with Gasteiger partial charge in [0, 0.05) is 19.1 Å². The topological polar surface area (TPSA) is 83.6 Å². The molecular weight excluding hydrogens is 348 g/mol. The molecular formula is C16H22N2O4S2. The van der Waals surface area contributed by atoms with Crippen LogP contribution in [0.4, 0.5) is 0 Å². The Morgan fingerprint density at radius 1 is 1.00 bits per heavy atom. The summed E-state index contributed by atoms with van der Waals surface area (Å²) in [6.07, 6.45) is 4.14. The minimum absolute atomic E-state index is 0.209. The van der Waals surface area contributed by atoms with Gasteiger partial charge in [-0.2, -0.15) is 0 Å². The summed E-state index contributed by atoms with van der Waals surface area (Å²) in [5.74, 6) is 0. The molecule has 1 saturated carbocycles. The maximum Gasteiger partial charge on any atom is 0.240 e. The first kappa shape index (κ1) is 17.6. The minimum Gasteiger partial charge on any atom is -0.212 e. The van der Waals surface area contributed by atoms with Crippen LogP contribution in [-0.4, -0.2) is 45.5 Å². The Hall–Kier alpha value is -1.22. The lowest BCUT2D eigenvalue weighted by molar-refractivity contribution is 0.308. The Kier molecular flexibility index (Phi) is 4.83. The van der Waals surface area contributed by atoms with Gasteiger partial charge in [0.2, 0.25) is 20.0 Å². The highest BCUT2D eigenvalue weighted by atomic mass is 32.2. The van der Waals surface area contributed by atoms with Crippen molar-refractivity contribution in [3.63, 3.8) is 0 Å². The number of hydrogen-bond donors (Lipinski definition) is 1. The van der Waals surface area contributed by atoms with Crippen molar-refractivity contribution < 1.29 is 16.8 Å². The van der Waals surface area contributed by atoms with Crippen LogP contribution in [-0.2, 0) is 20.0 Å². The Labute approximate surface area is 143 Å². The van der Waals surface area contributed by atoms with Crippen LogP contribution in [0.1, 0.15) is 31.2 Å². The molecule has 6 nitrogen and oxygen atoms in total. The van der Waals surface area contributed by atoms with Crippen molar-refractivity contribution in [1.82, 2.24) is 9.03 Å². The maximum atomic E-state index is 12.4. The van der Waals surface area contributed by atoms with Crippen LogP contribution < -0.4 is 4.72 Å². The van der Waals surface area contributed by atoms with Crippen LogP contribution in [0.3, 0.4) is 0 Å². The molecule has 0 spiro atoms. The molecule has 1 N–H and O–H groups in total. The highest BCUT2D eigenvalue weighted by molar-refractivity contribution is 7.90. The molecule has 1 heterocycles. The first-order chi connectivity index (χ1) is 11.3. The van der Waals surface area contributed by atoms with E-state index in [1.165, 1.54) is 4.31 Å². The van der Waals surface area contributed by atoms with E-state index in [9.17, 15) is 16.8 Å². The number of piperidine rings is 1. The molecule has 1 aliphatic carbocycles. The van der Waals surface area contributed by atoms with Gasteiger partial charge in [0.25, 0.3) is 0 Å². The van der Waals surface area contributed by atoms with Crippen LogP contribution in [0.5, 0.6) is 0 Å². The Balaban J connectivity index is 1.61. The number of benzene rings is 1. The predicted octanol–water partition coefficient (Wildman–Crippen LogP) is 1.56. The lowest BCUT2D eigenvalue weighted by Gasteiger charge is -2.31. The molecule has 8 heteroatoms. The summed E-state index contributed by atoms with van der Waals surface area (Å²) in [5.41, 5.74) is 0.854. The maximum absolute atomic E-state index is 12.4. The summed E-state index contributed by atoms with van der Waals surface area (Å²) >= 11 is 0. The molecule has 24 heavy (non-hydrogen) atoms. The third-order valence-corrected chi connectivity index (χ3v) is 8.44. The summed E-state index contributed by atoms with van der Waals surface area (Å²) in [7, 11) is -6.76. The average Bonchev–Trinajstić information content (AvgIpc) is 3.40. The molecule has 0 amide bonds. The van der Waals surface area contributed by atoms with Crippen molar-refractivity contribution in [3.8, 4) is 0 Å². The van der Waals surface area contributed by atoms with Gasteiger partial charge in [-0.15, -0.1) is 0 Å². The molecule has 0 radical (unpaired) electrons. The lowest BCUT2D eigenvalue weighted by Crippen LogP contribution is -2.47. The van der Waals surface area contributed by atoms with Crippen LogP contribution in [0, 0.1) is 0 Å². The fraction of sp³-hybridized carbons (Fsp3) is 0.500. The molecule has 0 unspecified atom stereocenters. The van der Waals surface area contributed by atoms with Gasteiger partial charge in [-0.3, -0.25) is 0 Å². The van der Waals surface area contributed by atoms with Gasteiger partial charge < -0.3 is 0 Å². The number of rotatable bonds is 6. The standard InChI is InChI=1S/C16H22N2O4S2/c1-2-13-3-5-15(6-4-13)23(19,20)17-14-9-11-18(12-10-14)24(21,22)16-7-8-16/h2-6,14,16-17H,1,7-12H2. The summed E-state index contributed by atoms with van der Waals surface area (Å²) in [4.78, 5) is 0.209. The van der Waals surface area contributed by atoms with E-state index < -0.39 is 20.0 Å². The Morgan fingerprint density at radius 2 is 1.58 bits per heavy atom. The van der Waals surface area contributed by atoms with Gasteiger partial charge in [0.05, 0.1) is 10.1 Å². The zero-order valence-corrected chi connectivity index (χ0v) is 15.0. The number of sulfonamides is 2. The second-order valence-corrected chi connectivity index (χ2v) is 10.2. The highest BCUT2D eigenvalue weighted by Gasteiger charge is 2.41. The summed E-state index contributed by atoms with van der Waals surface area (Å²) in [6, 6.07) is 6.26. The van der Waals surface area contributed by atoms with E-state index in [-0.39, 0.29) is 16.2 Å². The summed E-state index contributed by atoms with van der Waals surface area (Å²) in [6.45, 7) is 4.39. The zero-order valence-electron chi connectivity index (χ0n) is 13.4. The van der Waals surface area contributed by atoms with Gasteiger partial charge in [-0.05, 0) is 43.4 Å².